The van der Waals surface area contributed by atoms with Gasteiger partial charge in [0, 0.05) is 10.0 Å². The van der Waals surface area contributed by atoms with E-state index in [1.54, 1.807) is 36.4 Å². The molecule has 8 heteroatoms. The van der Waals surface area contributed by atoms with Crippen molar-refractivity contribution in [3.63, 3.8) is 0 Å². The molecule has 0 N–H and O–H groups in total. The van der Waals surface area contributed by atoms with Gasteiger partial charge in [-0.1, -0.05) is 59.6 Å². The average molecular weight is 514 g/mol. The van der Waals surface area contributed by atoms with Crippen LogP contribution in [0.3, 0.4) is 0 Å². The van der Waals surface area contributed by atoms with E-state index in [1.807, 2.05) is 43.3 Å². The zero-order chi connectivity index (χ0) is 24.1. The molecular formula is C26H21Cl2NO4S. The molecule has 3 aromatic carbocycles. The summed E-state index contributed by atoms with van der Waals surface area (Å²) in [7, 11) is 0. The summed E-state index contributed by atoms with van der Waals surface area (Å²) in [5.41, 5.74) is 2.42. The largest absolute Gasteiger partial charge is 0.490 e. The highest BCUT2D eigenvalue weighted by Crippen LogP contribution is 2.36. The van der Waals surface area contributed by atoms with Gasteiger partial charge >= 0.3 is 0 Å². The molecule has 0 unspecified atom stereocenters. The summed E-state index contributed by atoms with van der Waals surface area (Å²) in [5, 5.41) is 0.851. The van der Waals surface area contributed by atoms with Crippen LogP contribution < -0.4 is 9.47 Å². The van der Waals surface area contributed by atoms with Gasteiger partial charge in [-0.3, -0.25) is 14.5 Å². The molecule has 0 bridgehead atoms. The lowest BCUT2D eigenvalue weighted by molar-refractivity contribution is -0.123. The molecule has 2 amide bonds. The number of benzene rings is 3. The Morgan fingerprint density at radius 3 is 2.44 bits per heavy atom. The minimum atomic E-state index is -0.351. The molecule has 0 aliphatic carbocycles. The molecule has 0 spiro atoms. The summed E-state index contributed by atoms with van der Waals surface area (Å²) in [4.78, 5) is 26.9. The van der Waals surface area contributed by atoms with Gasteiger partial charge in [-0.25, -0.2) is 0 Å². The first-order valence-electron chi connectivity index (χ1n) is 10.6. The third-order valence-corrected chi connectivity index (χ3v) is 6.56. The van der Waals surface area contributed by atoms with Crippen LogP contribution in [0, 0.1) is 0 Å². The number of hydrogen-bond acceptors (Lipinski definition) is 5. The van der Waals surface area contributed by atoms with Crippen molar-refractivity contribution in [1.29, 1.82) is 0 Å². The van der Waals surface area contributed by atoms with Crippen LogP contribution in [0.15, 0.2) is 71.6 Å². The second-order valence-corrected chi connectivity index (χ2v) is 9.25. The zero-order valence-electron chi connectivity index (χ0n) is 18.3. The molecule has 1 aliphatic rings. The predicted molar refractivity (Wildman–Crippen MR) is 136 cm³/mol. The lowest BCUT2D eigenvalue weighted by Crippen LogP contribution is -2.27. The number of thioether (sulfide) groups is 1. The highest BCUT2D eigenvalue weighted by Gasteiger charge is 2.35. The summed E-state index contributed by atoms with van der Waals surface area (Å²) >= 11 is 13.0. The van der Waals surface area contributed by atoms with Gasteiger partial charge in [0.05, 0.1) is 18.1 Å². The number of rotatable bonds is 8. The van der Waals surface area contributed by atoms with Gasteiger partial charge in [-0.05, 0) is 71.8 Å². The van der Waals surface area contributed by atoms with E-state index >= 15 is 0 Å². The molecule has 0 radical (unpaired) electrons. The SMILES string of the molecule is CCOc1cc(/C=C2\SC(=O)N(Cc3ccccc3Cl)C2=O)ccc1OCc1ccc(Cl)cc1. The standard InChI is InChI=1S/C26H21Cl2NO4S/c1-2-32-23-13-18(9-12-22(23)33-16-17-7-10-20(27)11-8-17)14-24-25(30)29(26(31)34-24)15-19-5-3-4-6-21(19)28/h3-14H,2,15-16H2,1H3/b24-14-. The number of halogens is 2. The number of carbonyl (C=O) groups is 2. The second kappa shape index (κ2) is 11.0. The summed E-state index contributed by atoms with van der Waals surface area (Å²) in [5.74, 6) is 0.789. The fourth-order valence-corrected chi connectivity index (χ4v) is 4.49. The molecule has 1 fully saturated rings. The summed E-state index contributed by atoms with van der Waals surface area (Å²) in [6, 6.07) is 20.0. The average Bonchev–Trinajstić information content (AvgIpc) is 3.08. The van der Waals surface area contributed by atoms with Gasteiger partial charge in [-0.15, -0.1) is 0 Å². The Hall–Kier alpha value is -2.93. The first-order chi connectivity index (χ1) is 16.4. The van der Waals surface area contributed by atoms with Crippen molar-refractivity contribution in [3.8, 4) is 11.5 Å². The highest BCUT2D eigenvalue weighted by molar-refractivity contribution is 8.18. The number of amides is 2. The van der Waals surface area contributed by atoms with E-state index in [9.17, 15) is 9.59 Å². The van der Waals surface area contributed by atoms with Gasteiger partial charge in [-0.2, -0.15) is 0 Å². The van der Waals surface area contributed by atoms with Crippen molar-refractivity contribution in [3.05, 3.63) is 98.4 Å². The van der Waals surface area contributed by atoms with Gasteiger partial charge in [0.15, 0.2) is 11.5 Å². The first kappa shape index (κ1) is 24.2. The third-order valence-electron chi connectivity index (χ3n) is 5.03. The van der Waals surface area contributed by atoms with Crippen LogP contribution in [0.1, 0.15) is 23.6 Å². The molecule has 0 atom stereocenters. The lowest BCUT2D eigenvalue weighted by atomic mass is 10.1. The quantitative estimate of drug-likeness (QED) is 0.298. The van der Waals surface area contributed by atoms with E-state index < -0.39 is 0 Å². The smallest absolute Gasteiger partial charge is 0.293 e. The molecule has 4 rings (SSSR count). The lowest BCUT2D eigenvalue weighted by Gasteiger charge is -2.14. The highest BCUT2D eigenvalue weighted by atomic mass is 35.5. The van der Waals surface area contributed by atoms with Crippen LogP contribution >= 0.6 is 35.0 Å². The van der Waals surface area contributed by atoms with E-state index in [2.05, 4.69) is 0 Å². The molecule has 1 heterocycles. The first-order valence-corrected chi connectivity index (χ1v) is 12.1. The van der Waals surface area contributed by atoms with Crippen molar-refractivity contribution in [2.75, 3.05) is 6.61 Å². The van der Waals surface area contributed by atoms with Crippen LogP contribution in [-0.2, 0) is 17.9 Å². The Labute approximate surface area is 212 Å². The normalized spacial score (nSPS) is 14.7. The van der Waals surface area contributed by atoms with Gasteiger partial charge in [0.25, 0.3) is 11.1 Å². The fourth-order valence-electron chi connectivity index (χ4n) is 3.33. The Morgan fingerprint density at radius 1 is 0.941 bits per heavy atom. The Morgan fingerprint density at radius 2 is 1.71 bits per heavy atom. The third kappa shape index (κ3) is 5.76. The van der Waals surface area contributed by atoms with E-state index in [0.29, 0.717) is 45.2 Å². The van der Waals surface area contributed by atoms with Crippen LogP contribution in [0.4, 0.5) is 4.79 Å². The van der Waals surface area contributed by atoms with E-state index in [1.165, 1.54) is 4.90 Å². The molecule has 5 nitrogen and oxygen atoms in total. The molecule has 174 valence electrons. The van der Waals surface area contributed by atoms with Crippen molar-refractivity contribution >= 4 is 52.2 Å². The summed E-state index contributed by atoms with van der Waals surface area (Å²) in [6.45, 7) is 2.83. The molecule has 0 aromatic heterocycles. The summed E-state index contributed by atoms with van der Waals surface area (Å²) in [6.07, 6.45) is 1.68. The van der Waals surface area contributed by atoms with Crippen molar-refractivity contribution in [2.45, 2.75) is 20.1 Å². The van der Waals surface area contributed by atoms with Crippen LogP contribution in [-0.4, -0.2) is 22.7 Å². The number of ether oxygens (including phenoxy) is 2. The molecule has 1 aliphatic heterocycles. The van der Waals surface area contributed by atoms with Gasteiger partial charge in [0.1, 0.15) is 6.61 Å². The van der Waals surface area contributed by atoms with Crippen molar-refractivity contribution in [2.24, 2.45) is 0 Å². The number of imide groups is 1. The number of nitrogens with zero attached hydrogens (tertiary/aromatic N) is 1. The maximum absolute atomic E-state index is 12.9. The Bertz CT molecular complexity index is 1240. The topological polar surface area (TPSA) is 55.8 Å². The second-order valence-electron chi connectivity index (χ2n) is 7.41. The van der Waals surface area contributed by atoms with Crippen molar-refractivity contribution < 1.29 is 19.1 Å². The molecule has 34 heavy (non-hydrogen) atoms. The van der Waals surface area contributed by atoms with Crippen LogP contribution in [0.2, 0.25) is 10.0 Å². The minimum Gasteiger partial charge on any atom is -0.490 e. The monoisotopic (exact) mass is 513 g/mol. The zero-order valence-corrected chi connectivity index (χ0v) is 20.6. The minimum absolute atomic E-state index is 0.128. The fraction of sp³-hybridized carbons (Fsp3) is 0.154. The summed E-state index contributed by atoms with van der Waals surface area (Å²) < 4.78 is 11.7. The molecular weight excluding hydrogens is 493 g/mol. The predicted octanol–water partition coefficient (Wildman–Crippen LogP) is 7.21. The Balaban J connectivity index is 1.51. The Kier molecular flexibility index (Phi) is 7.83. The number of carbonyl (C=O) groups excluding carboxylic acids is 2. The maximum Gasteiger partial charge on any atom is 0.293 e. The van der Waals surface area contributed by atoms with E-state index in [0.717, 1.165) is 22.9 Å². The van der Waals surface area contributed by atoms with Crippen molar-refractivity contribution in [1.82, 2.24) is 4.90 Å². The van der Waals surface area contributed by atoms with Crippen LogP contribution in [0.25, 0.3) is 6.08 Å². The van der Waals surface area contributed by atoms with Gasteiger partial charge in [0.2, 0.25) is 0 Å². The van der Waals surface area contributed by atoms with E-state index in [-0.39, 0.29) is 17.7 Å². The number of hydrogen-bond donors (Lipinski definition) is 0. The van der Waals surface area contributed by atoms with Gasteiger partial charge < -0.3 is 9.47 Å². The molecule has 0 saturated carbocycles. The van der Waals surface area contributed by atoms with E-state index in [4.69, 9.17) is 32.7 Å². The molecule has 1 saturated heterocycles. The van der Waals surface area contributed by atoms with Crippen LogP contribution in [0.5, 0.6) is 11.5 Å². The maximum atomic E-state index is 12.9. The molecule has 3 aromatic rings.